The molecule has 0 atom stereocenters. The van der Waals surface area contributed by atoms with Crippen LogP contribution in [0.15, 0.2) is 48.9 Å². The summed E-state index contributed by atoms with van der Waals surface area (Å²) in [6.07, 6.45) is 6.41. The van der Waals surface area contributed by atoms with E-state index in [1.54, 1.807) is 18.5 Å². The Bertz CT molecular complexity index is 1120. The van der Waals surface area contributed by atoms with Crippen LogP contribution in [0.1, 0.15) is 40.5 Å². The third-order valence-electron chi connectivity index (χ3n) is 6.61. The number of halogens is 2. The summed E-state index contributed by atoms with van der Waals surface area (Å²) >= 11 is 6.50. The normalized spacial score (nSPS) is 18.2. The van der Waals surface area contributed by atoms with Gasteiger partial charge in [0, 0.05) is 40.8 Å². The lowest BCUT2D eigenvalue weighted by Gasteiger charge is -2.53. The van der Waals surface area contributed by atoms with Crippen LogP contribution in [0.2, 0.25) is 5.02 Å². The molecule has 4 rings (SSSR count). The molecular formula is C25H30ClFN6. The van der Waals surface area contributed by atoms with Gasteiger partial charge in [-0.05, 0) is 77.4 Å². The maximum Gasteiger partial charge on any atom is 0.229 e. The maximum atomic E-state index is 14.6. The highest BCUT2D eigenvalue weighted by Crippen LogP contribution is 2.38. The second-order valence-corrected chi connectivity index (χ2v) is 10.3. The number of nitrogens with one attached hydrogen (secondary N) is 2. The van der Waals surface area contributed by atoms with Gasteiger partial charge >= 0.3 is 0 Å². The molecule has 6 nitrogen and oxygen atoms in total. The van der Waals surface area contributed by atoms with Crippen molar-refractivity contribution in [1.29, 1.82) is 0 Å². The standard InChI is InChI=1S/C25H30ClFN6/c1-24(2)13-18(14-25(3,4)33(24)5)30-22-21(27)15-29-23(32-22)31-17-6-7-19(20(26)12-17)16-8-10-28-11-9-16/h6-12,15,18H,13-14H2,1-5H3,(H2,29,30,31,32). The topological polar surface area (TPSA) is 66.0 Å². The van der Waals surface area contributed by atoms with E-state index < -0.39 is 5.82 Å². The SMILES string of the molecule is CN1C(C)(C)CC(Nc2nc(Nc3ccc(-c4ccncc4)c(Cl)c3)ncc2F)CC1(C)C. The van der Waals surface area contributed by atoms with Crippen molar-refractivity contribution in [2.45, 2.75) is 57.7 Å². The van der Waals surface area contributed by atoms with Crippen LogP contribution in [-0.4, -0.2) is 44.0 Å². The van der Waals surface area contributed by atoms with E-state index in [0.29, 0.717) is 11.0 Å². The number of benzene rings is 1. The minimum Gasteiger partial charge on any atom is -0.365 e. The Kier molecular flexibility index (Phi) is 6.29. The third kappa shape index (κ3) is 5.09. The van der Waals surface area contributed by atoms with Crippen molar-refractivity contribution in [1.82, 2.24) is 19.9 Å². The van der Waals surface area contributed by atoms with Crippen LogP contribution in [0.5, 0.6) is 0 Å². The van der Waals surface area contributed by atoms with Crippen LogP contribution in [-0.2, 0) is 0 Å². The van der Waals surface area contributed by atoms with E-state index in [0.717, 1.165) is 29.7 Å². The van der Waals surface area contributed by atoms with E-state index >= 15 is 0 Å². The fourth-order valence-electron chi connectivity index (χ4n) is 4.68. The van der Waals surface area contributed by atoms with Crippen molar-refractivity contribution < 1.29 is 4.39 Å². The summed E-state index contributed by atoms with van der Waals surface area (Å²) < 4.78 is 14.6. The number of likely N-dealkylation sites (tertiary alicyclic amines) is 1. The summed E-state index contributed by atoms with van der Waals surface area (Å²) in [5, 5.41) is 7.04. The first-order valence-electron chi connectivity index (χ1n) is 11.1. The van der Waals surface area contributed by atoms with Crippen molar-refractivity contribution in [3.05, 3.63) is 59.8 Å². The summed E-state index contributed by atoms with van der Waals surface area (Å²) in [5.74, 6) is 0.0346. The molecule has 0 saturated carbocycles. The lowest BCUT2D eigenvalue weighted by molar-refractivity contribution is -0.00778. The maximum absolute atomic E-state index is 14.6. The highest BCUT2D eigenvalue weighted by atomic mass is 35.5. The molecule has 0 spiro atoms. The molecule has 174 valence electrons. The number of piperidine rings is 1. The van der Waals surface area contributed by atoms with Crippen molar-refractivity contribution in [2.75, 3.05) is 17.7 Å². The van der Waals surface area contributed by atoms with Crippen LogP contribution < -0.4 is 10.6 Å². The molecule has 1 aromatic carbocycles. The Morgan fingerprint density at radius 1 is 1.06 bits per heavy atom. The van der Waals surface area contributed by atoms with Crippen LogP contribution in [0, 0.1) is 5.82 Å². The third-order valence-corrected chi connectivity index (χ3v) is 6.92. The number of anilines is 3. The van der Waals surface area contributed by atoms with E-state index in [4.69, 9.17) is 11.6 Å². The highest BCUT2D eigenvalue weighted by molar-refractivity contribution is 6.33. The Morgan fingerprint density at radius 3 is 2.36 bits per heavy atom. The molecule has 1 saturated heterocycles. The van der Waals surface area contributed by atoms with Gasteiger partial charge in [0.25, 0.3) is 0 Å². The fraction of sp³-hybridized carbons (Fsp3) is 0.400. The van der Waals surface area contributed by atoms with Crippen molar-refractivity contribution in [3.63, 3.8) is 0 Å². The molecule has 0 unspecified atom stereocenters. The number of nitrogens with zero attached hydrogens (tertiary/aromatic N) is 4. The Labute approximate surface area is 199 Å². The Hall–Kier alpha value is -2.77. The molecular weight excluding hydrogens is 439 g/mol. The molecule has 2 N–H and O–H groups in total. The zero-order valence-corrected chi connectivity index (χ0v) is 20.4. The van der Waals surface area contributed by atoms with Gasteiger partial charge in [-0.15, -0.1) is 0 Å². The lowest BCUT2D eigenvalue weighted by Crippen LogP contribution is -2.61. The number of rotatable bonds is 5. The van der Waals surface area contributed by atoms with Crippen LogP contribution in [0.3, 0.4) is 0 Å². The number of pyridine rings is 1. The van der Waals surface area contributed by atoms with Crippen molar-refractivity contribution in [3.8, 4) is 11.1 Å². The highest BCUT2D eigenvalue weighted by Gasteiger charge is 2.43. The molecule has 0 aliphatic carbocycles. The Morgan fingerprint density at radius 2 is 1.73 bits per heavy atom. The average Bonchev–Trinajstić information content (AvgIpc) is 2.75. The van der Waals surface area contributed by atoms with E-state index in [9.17, 15) is 4.39 Å². The number of hydrogen-bond acceptors (Lipinski definition) is 6. The van der Waals surface area contributed by atoms with Crippen molar-refractivity contribution in [2.24, 2.45) is 0 Å². The quantitative estimate of drug-likeness (QED) is 0.469. The van der Waals surface area contributed by atoms with Crippen LogP contribution in [0.4, 0.5) is 21.8 Å². The first-order valence-corrected chi connectivity index (χ1v) is 11.4. The molecule has 0 bridgehead atoms. The summed E-state index contributed by atoms with van der Waals surface area (Å²) in [7, 11) is 2.15. The van der Waals surface area contributed by atoms with Gasteiger partial charge in [-0.3, -0.25) is 9.88 Å². The first kappa shape index (κ1) is 23.4. The number of hydrogen-bond donors (Lipinski definition) is 2. The van der Waals surface area contributed by atoms with E-state index in [-0.39, 0.29) is 22.9 Å². The molecule has 8 heteroatoms. The van der Waals surface area contributed by atoms with Gasteiger partial charge in [-0.25, -0.2) is 9.37 Å². The summed E-state index contributed by atoms with van der Waals surface area (Å²) in [5.41, 5.74) is 2.57. The average molecular weight is 469 g/mol. The molecule has 1 aliphatic rings. The molecule has 3 heterocycles. The second kappa shape index (κ2) is 8.88. The van der Waals surface area contributed by atoms with Gasteiger partial charge in [0.15, 0.2) is 11.6 Å². The zero-order chi connectivity index (χ0) is 23.8. The molecule has 0 radical (unpaired) electrons. The summed E-state index contributed by atoms with van der Waals surface area (Å²) in [6, 6.07) is 9.52. The predicted molar refractivity (Wildman–Crippen MR) is 133 cm³/mol. The van der Waals surface area contributed by atoms with Crippen LogP contribution >= 0.6 is 11.6 Å². The monoisotopic (exact) mass is 468 g/mol. The van der Waals surface area contributed by atoms with Crippen LogP contribution in [0.25, 0.3) is 11.1 Å². The molecule has 3 aromatic rings. The zero-order valence-electron chi connectivity index (χ0n) is 19.7. The second-order valence-electron chi connectivity index (χ2n) is 9.88. The smallest absolute Gasteiger partial charge is 0.229 e. The molecule has 0 amide bonds. The summed E-state index contributed by atoms with van der Waals surface area (Å²) in [6.45, 7) is 8.85. The number of aromatic nitrogens is 3. The van der Waals surface area contributed by atoms with Gasteiger partial charge in [0.2, 0.25) is 5.95 Å². The van der Waals surface area contributed by atoms with Crippen molar-refractivity contribution >= 4 is 29.1 Å². The van der Waals surface area contributed by atoms with Gasteiger partial charge in [0.1, 0.15) is 0 Å². The van der Waals surface area contributed by atoms with E-state index in [1.165, 1.54) is 6.20 Å². The largest absolute Gasteiger partial charge is 0.365 e. The van der Waals surface area contributed by atoms with Gasteiger partial charge < -0.3 is 10.6 Å². The fourth-order valence-corrected chi connectivity index (χ4v) is 4.97. The van der Waals surface area contributed by atoms with Gasteiger partial charge in [-0.1, -0.05) is 17.7 Å². The minimum atomic E-state index is -0.471. The molecule has 33 heavy (non-hydrogen) atoms. The van der Waals surface area contributed by atoms with Gasteiger partial charge in [-0.2, -0.15) is 4.98 Å². The van der Waals surface area contributed by atoms with E-state index in [1.807, 2.05) is 24.3 Å². The van der Waals surface area contributed by atoms with Gasteiger partial charge in [0.05, 0.1) is 11.2 Å². The summed E-state index contributed by atoms with van der Waals surface area (Å²) in [4.78, 5) is 15.0. The van der Waals surface area contributed by atoms with E-state index in [2.05, 4.69) is 65.2 Å². The Balaban J connectivity index is 1.52. The molecule has 1 aliphatic heterocycles. The molecule has 2 aromatic heterocycles. The minimum absolute atomic E-state index is 0.0166. The molecule has 1 fully saturated rings. The first-order chi connectivity index (χ1) is 15.5. The predicted octanol–water partition coefficient (Wildman–Crippen LogP) is 6.14. The lowest BCUT2D eigenvalue weighted by atomic mass is 9.77.